The molecule has 0 heterocycles. The van der Waals surface area contributed by atoms with Gasteiger partial charge in [-0.15, -0.1) is 0 Å². The number of benzene rings is 1. The second kappa shape index (κ2) is 5.62. The number of hydrogen-bond acceptors (Lipinski definition) is 3. The summed E-state index contributed by atoms with van der Waals surface area (Å²) in [6.07, 6.45) is 0. The molecule has 0 radical (unpaired) electrons. The summed E-state index contributed by atoms with van der Waals surface area (Å²) in [6, 6.07) is 7.18. The number of nitrogens with one attached hydrogen (secondary N) is 1. The fourth-order valence-electron chi connectivity index (χ4n) is 1.07. The SMILES string of the molecule is CCS(=O)(=O)CC(=O)Nc1cccc(I)c1. The first kappa shape index (κ1) is 13.4. The predicted octanol–water partition coefficient (Wildman–Crippen LogP) is 1.66. The Bertz CT molecular complexity index is 485. The number of sulfone groups is 1. The van der Waals surface area contributed by atoms with Crippen molar-refractivity contribution in [2.24, 2.45) is 0 Å². The van der Waals surface area contributed by atoms with Gasteiger partial charge in [0.05, 0.1) is 0 Å². The number of anilines is 1. The predicted molar refractivity (Wildman–Crippen MR) is 72.1 cm³/mol. The Kier molecular flexibility index (Phi) is 4.72. The van der Waals surface area contributed by atoms with Crippen LogP contribution in [0.25, 0.3) is 0 Å². The Morgan fingerprint density at radius 3 is 2.69 bits per heavy atom. The van der Waals surface area contributed by atoms with Gasteiger partial charge in [0.2, 0.25) is 5.91 Å². The van der Waals surface area contributed by atoms with E-state index in [0.29, 0.717) is 5.69 Å². The first-order valence-corrected chi connectivity index (χ1v) is 7.59. The molecule has 0 bridgehead atoms. The van der Waals surface area contributed by atoms with E-state index in [0.717, 1.165) is 3.57 Å². The van der Waals surface area contributed by atoms with Crippen LogP contribution in [0.15, 0.2) is 24.3 Å². The van der Waals surface area contributed by atoms with Gasteiger partial charge in [-0.2, -0.15) is 0 Å². The van der Waals surface area contributed by atoms with Gasteiger partial charge >= 0.3 is 0 Å². The number of rotatable bonds is 4. The van der Waals surface area contributed by atoms with Gasteiger partial charge in [0.1, 0.15) is 5.75 Å². The van der Waals surface area contributed by atoms with Crippen LogP contribution in [0.1, 0.15) is 6.92 Å². The summed E-state index contributed by atoms with van der Waals surface area (Å²) < 4.78 is 23.4. The molecule has 0 aliphatic rings. The van der Waals surface area contributed by atoms with E-state index in [1.807, 2.05) is 6.07 Å². The topological polar surface area (TPSA) is 63.2 Å². The largest absolute Gasteiger partial charge is 0.325 e. The van der Waals surface area contributed by atoms with Crippen molar-refractivity contribution in [3.8, 4) is 0 Å². The van der Waals surface area contributed by atoms with Crippen LogP contribution in [0.3, 0.4) is 0 Å². The molecule has 0 aliphatic heterocycles. The monoisotopic (exact) mass is 353 g/mol. The summed E-state index contributed by atoms with van der Waals surface area (Å²) in [7, 11) is -3.26. The van der Waals surface area contributed by atoms with Crippen molar-refractivity contribution >= 4 is 44.0 Å². The van der Waals surface area contributed by atoms with Crippen molar-refractivity contribution in [3.63, 3.8) is 0 Å². The molecule has 0 saturated heterocycles. The highest BCUT2D eigenvalue weighted by Gasteiger charge is 2.14. The molecule has 88 valence electrons. The van der Waals surface area contributed by atoms with Crippen LogP contribution in [0.4, 0.5) is 5.69 Å². The molecular weight excluding hydrogens is 341 g/mol. The van der Waals surface area contributed by atoms with E-state index in [1.54, 1.807) is 18.2 Å². The van der Waals surface area contributed by atoms with Crippen molar-refractivity contribution in [3.05, 3.63) is 27.8 Å². The molecule has 0 fully saturated rings. The average Bonchev–Trinajstić information content (AvgIpc) is 2.16. The van der Waals surface area contributed by atoms with Crippen molar-refractivity contribution in [1.29, 1.82) is 0 Å². The molecule has 0 unspecified atom stereocenters. The average molecular weight is 353 g/mol. The summed E-state index contributed by atoms with van der Waals surface area (Å²) >= 11 is 2.12. The van der Waals surface area contributed by atoms with Gasteiger partial charge in [-0.3, -0.25) is 4.79 Å². The first-order valence-electron chi connectivity index (χ1n) is 4.69. The van der Waals surface area contributed by atoms with Gasteiger partial charge in [-0.1, -0.05) is 13.0 Å². The van der Waals surface area contributed by atoms with Gasteiger partial charge in [-0.05, 0) is 40.8 Å². The van der Waals surface area contributed by atoms with Gasteiger partial charge < -0.3 is 5.32 Å². The van der Waals surface area contributed by atoms with E-state index in [9.17, 15) is 13.2 Å². The molecule has 0 aromatic heterocycles. The molecule has 0 spiro atoms. The second-order valence-electron chi connectivity index (χ2n) is 3.24. The minimum absolute atomic E-state index is 0.0211. The van der Waals surface area contributed by atoms with Crippen LogP contribution in [-0.4, -0.2) is 25.8 Å². The zero-order valence-corrected chi connectivity index (χ0v) is 11.7. The summed E-state index contributed by atoms with van der Waals surface area (Å²) in [5.41, 5.74) is 0.614. The summed E-state index contributed by atoms with van der Waals surface area (Å²) in [5, 5.41) is 2.55. The number of hydrogen-bond donors (Lipinski definition) is 1. The standard InChI is InChI=1S/C10H12INO3S/c1-2-16(14,15)7-10(13)12-9-5-3-4-8(11)6-9/h3-6H,2,7H2,1H3,(H,12,13). The molecule has 1 rings (SSSR count). The lowest BCUT2D eigenvalue weighted by atomic mass is 10.3. The highest BCUT2D eigenvalue weighted by molar-refractivity contribution is 14.1. The zero-order chi connectivity index (χ0) is 12.2. The minimum Gasteiger partial charge on any atom is -0.325 e. The van der Waals surface area contributed by atoms with Crippen molar-refractivity contribution in [1.82, 2.24) is 0 Å². The molecule has 0 saturated carbocycles. The van der Waals surface area contributed by atoms with Crippen LogP contribution >= 0.6 is 22.6 Å². The number of carbonyl (C=O) groups is 1. The van der Waals surface area contributed by atoms with Crippen LogP contribution in [0.5, 0.6) is 0 Å². The first-order chi connectivity index (χ1) is 7.43. The summed E-state index contributed by atoms with van der Waals surface area (Å²) in [5.74, 6) is -0.981. The summed E-state index contributed by atoms with van der Waals surface area (Å²) in [6.45, 7) is 1.52. The smallest absolute Gasteiger partial charge is 0.239 e. The zero-order valence-electron chi connectivity index (χ0n) is 8.73. The van der Waals surface area contributed by atoms with Crippen LogP contribution in [0, 0.1) is 3.57 Å². The highest BCUT2D eigenvalue weighted by atomic mass is 127. The lowest BCUT2D eigenvalue weighted by Crippen LogP contribution is -2.23. The number of amides is 1. The lowest BCUT2D eigenvalue weighted by molar-refractivity contribution is -0.113. The van der Waals surface area contributed by atoms with Crippen molar-refractivity contribution in [2.75, 3.05) is 16.8 Å². The van der Waals surface area contributed by atoms with Gasteiger partial charge in [-0.25, -0.2) is 8.42 Å². The maximum atomic E-state index is 11.4. The maximum absolute atomic E-state index is 11.4. The Balaban J connectivity index is 2.66. The third-order valence-corrected chi connectivity index (χ3v) is 4.15. The van der Waals surface area contributed by atoms with Gasteiger partial charge in [0, 0.05) is 15.0 Å². The van der Waals surface area contributed by atoms with E-state index in [-0.39, 0.29) is 5.75 Å². The van der Waals surface area contributed by atoms with E-state index < -0.39 is 21.5 Å². The highest BCUT2D eigenvalue weighted by Crippen LogP contribution is 2.12. The molecule has 1 aromatic carbocycles. The maximum Gasteiger partial charge on any atom is 0.239 e. The van der Waals surface area contributed by atoms with Gasteiger partial charge in [0.25, 0.3) is 0 Å². The van der Waals surface area contributed by atoms with Crippen molar-refractivity contribution < 1.29 is 13.2 Å². The minimum atomic E-state index is -3.26. The fraction of sp³-hybridized carbons (Fsp3) is 0.300. The molecule has 0 aliphatic carbocycles. The normalized spacial score (nSPS) is 11.1. The Hall–Kier alpha value is -0.630. The molecule has 16 heavy (non-hydrogen) atoms. The van der Waals surface area contributed by atoms with Crippen molar-refractivity contribution in [2.45, 2.75) is 6.92 Å². The number of halogens is 1. The molecule has 0 atom stereocenters. The van der Waals surface area contributed by atoms with Gasteiger partial charge in [0.15, 0.2) is 9.84 Å². The Labute approximate surface area is 108 Å². The quantitative estimate of drug-likeness (QED) is 0.838. The molecule has 6 heteroatoms. The van der Waals surface area contributed by atoms with Crippen LogP contribution in [-0.2, 0) is 14.6 Å². The second-order valence-corrected chi connectivity index (χ2v) is 6.83. The number of carbonyl (C=O) groups excluding carboxylic acids is 1. The lowest BCUT2D eigenvalue weighted by Gasteiger charge is -2.05. The Morgan fingerprint density at radius 2 is 2.12 bits per heavy atom. The van der Waals surface area contributed by atoms with E-state index in [2.05, 4.69) is 27.9 Å². The third kappa shape index (κ3) is 4.48. The fourth-order valence-corrected chi connectivity index (χ4v) is 2.28. The Morgan fingerprint density at radius 1 is 1.44 bits per heavy atom. The van der Waals surface area contributed by atoms with E-state index in [1.165, 1.54) is 6.92 Å². The molecule has 1 N–H and O–H groups in total. The van der Waals surface area contributed by atoms with Crippen LogP contribution < -0.4 is 5.32 Å². The molecule has 4 nitrogen and oxygen atoms in total. The van der Waals surface area contributed by atoms with E-state index >= 15 is 0 Å². The van der Waals surface area contributed by atoms with E-state index in [4.69, 9.17) is 0 Å². The molecule has 1 amide bonds. The van der Waals surface area contributed by atoms with Crippen LogP contribution in [0.2, 0.25) is 0 Å². The molecular formula is C10H12INO3S. The summed E-state index contributed by atoms with van der Waals surface area (Å²) in [4.78, 5) is 11.4. The molecule has 1 aromatic rings. The third-order valence-electron chi connectivity index (χ3n) is 1.90.